The molecule has 1 saturated heterocycles. The monoisotopic (exact) mass is 366 g/mol. The number of imidazole rings is 1. The summed E-state index contributed by atoms with van der Waals surface area (Å²) in [6.45, 7) is 4.84. The smallest absolute Gasteiger partial charge is 0.253 e. The topological polar surface area (TPSA) is 75.1 Å². The first-order valence-electron chi connectivity index (χ1n) is 9.51. The highest BCUT2D eigenvalue weighted by Gasteiger charge is 2.20. The molecule has 4 rings (SSSR count). The van der Waals surface area contributed by atoms with Crippen LogP contribution in [0, 0.1) is 12.8 Å². The SMILES string of the molecule is Cc1cc(-c2nc3cc(CN)ccc3n2CC2CCCOC2)cn(C)c1=O. The first-order chi connectivity index (χ1) is 13.1. The third-order valence-corrected chi connectivity index (χ3v) is 5.36. The molecule has 0 saturated carbocycles. The van der Waals surface area contributed by atoms with Gasteiger partial charge < -0.3 is 19.6 Å². The van der Waals surface area contributed by atoms with E-state index in [4.69, 9.17) is 15.5 Å². The van der Waals surface area contributed by atoms with E-state index in [1.807, 2.05) is 19.2 Å². The van der Waals surface area contributed by atoms with Gasteiger partial charge in [-0.3, -0.25) is 4.79 Å². The zero-order valence-corrected chi connectivity index (χ0v) is 15.9. The van der Waals surface area contributed by atoms with Crippen molar-refractivity contribution in [2.24, 2.45) is 18.7 Å². The largest absolute Gasteiger partial charge is 0.381 e. The Labute approximate surface area is 158 Å². The number of hydrogen-bond acceptors (Lipinski definition) is 4. The second kappa shape index (κ2) is 7.29. The van der Waals surface area contributed by atoms with Gasteiger partial charge in [-0.2, -0.15) is 0 Å². The molecular weight excluding hydrogens is 340 g/mol. The number of benzene rings is 1. The molecule has 0 spiro atoms. The quantitative estimate of drug-likeness (QED) is 0.770. The summed E-state index contributed by atoms with van der Waals surface area (Å²) in [5, 5.41) is 0. The number of nitrogens with two attached hydrogens (primary N) is 1. The van der Waals surface area contributed by atoms with Gasteiger partial charge in [0, 0.05) is 50.0 Å². The lowest BCUT2D eigenvalue weighted by Crippen LogP contribution is -2.23. The van der Waals surface area contributed by atoms with Crippen molar-refractivity contribution in [3.63, 3.8) is 0 Å². The fraction of sp³-hybridized carbons (Fsp3) is 0.429. The van der Waals surface area contributed by atoms with E-state index in [1.54, 1.807) is 11.6 Å². The van der Waals surface area contributed by atoms with E-state index in [1.165, 1.54) is 0 Å². The number of aromatic nitrogens is 3. The summed E-state index contributed by atoms with van der Waals surface area (Å²) in [6, 6.07) is 8.16. The van der Waals surface area contributed by atoms with E-state index >= 15 is 0 Å². The molecular formula is C21H26N4O2. The minimum atomic E-state index is 0.0208. The van der Waals surface area contributed by atoms with Crippen LogP contribution in [0.2, 0.25) is 0 Å². The number of ether oxygens (including phenoxy) is 1. The van der Waals surface area contributed by atoms with Gasteiger partial charge in [0.25, 0.3) is 5.56 Å². The van der Waals surface area contributed by atoms with Crippen LogP contribution in [0.25, 0.3) is 22.4 Å². The molecule has 0 radical (unpaired) electrons. The van der Waals surface area contributed by atoms with Crippen LogP contribution >= 0.6 is 0 Å². The van der Waals surface area contributed by atoms with Gasteiger partial charge in [0.2, 0.25) is 0 Å². The maximum Gasteiger partial charge on any atom is 0.253 e. The zero-order valence-electron chi connectivity index (χ0n) is 15.9. The van der Waals surface area contributed by atoms with Crippen molar-refractivity contribution in [3.05, 3.63) is 51.9 Å². The van der Waals surface area contributed by atoms with Crippen LogP contribution in [0.4, 0.5) is 0 Å². The number of aryl methyl sites for hydroxylation is 2. The average Bonchev–Trinajstić information content (AvgIpc) is 3.04. The van der Waals surface area contributed by atoms with Crippen molar-refractivity contribution in [1.82, 2.24) is 14.1 Å². The summed E-state index contributed by atoms with van der Waals surface area (Å²) >= 11 is 0. The van der Waals surface area contributed by atoms with Gasteiger partial charge in [0.1, 0.15) is 5.82 Å². The van der Waals surface area contributed by atoms with Crippen molar-refractivity contribution < 1.29 is 4.74 Å². The van der Waals surface area contributed by atoms with E-state index < -0.39 is 0 Å². The summed E-state index contributed by atoms with van der Waals surface area (Å²) < 4.78 is 9.58. The van der Waals surface area contributed by atoms with E-state index in [-0.39, 0.29) is 5.56 Å². The Morgan fingerprint density at radius 2 is 2.19 bits per heavy atom. The van der Waals surface area contributed by atoms with Crippen molar-refractivity contribution in [2.75, 3.05) is 13.2 Å². The van der Waals surface area contributed by atoms with Crippen LogP contribution < -0.4 is 11.3 Å². The number of nitrogens with zero attached hydrogens (tertiary/aromatic N) is 3. The summed E-state index contributed by atoms with van der Waals surface area (Å²) in [4.78, 5) is 17.0. The molecule has 1 aromatic carbocycles. The van der Waals surface area contributed by atoms with Crippen molar-refractivity contribution >= 4 is 11.0 Å². The van der Waals surface area contributed by atoms with Crippen LogP contribution in [0.3, 0.4) is 0 Å². The molecule has 1 fully saturated rings. The van der Waals surface area contributed by atoms with Crippen LogP contribution in [0.1, 0.15) is 24.0 Å². The Kier molecular flexibility index (Phi) is 4.85. The van der Waals surface area contributed by atoms with Gasteiger partial charge in [-0.15, -0.1) is 0 Å². The van der Waals surface area contributed by atoms with Crippen LogP contribution in [-0.2, 0) is 24.9 Å². The third-order valence-electron chi connectivity index (χ3n) is 5.36. The van der Waals surface area contributed by atoms with Crippen molar-refractivity contribution in [2.45, 2.75) is 32.9 Å². The van der Waals surface area contributed by atoms with Gasteiger partial charge in [-0.05, 0) is 43.5 Å². The second-order valence-corrected chi connectivity index (χ2v) is 7.48. The van der Waals surface area contributed by atoms with Crippen molar-refractivity contribution in [3.8, 4) is 11.4 Å². The molecule has 1 unspecified atom stereocenters. The highest BCUT2D eigenvalue weighted by atomic mass is 16.5. The molecule has 0 aliphatic carbocycles. The summed E-state index contributed by atoms with van der Waals surface area (Å²) in [7, 11) is 1.79. The minimum absolute atomic E-state index is 0.0208. The lowest BCUT2D eigenvalue weighted by atomic mass is 10.0. The molecule has 0 bridgehead atoms. The van der Waals surface area contributed by atoms with Gasteiger partial charge >= 0.3 is 0 Å². The number of hydrogen-bond donors (Lipinski definition) is 1. The maximum absolute atomic E-state index is 12.1. The average molecular weight is 366 g/mol. The molecule has 3 heterocycles. The zero-order chi connectivity index (χ0) is 19.0. The standard InChI is InChI=1S/C21H26N4O2/c1-14-8-17(12-24(2)21(14)26)20-23-18-9-15(10-22)5-6-19(18)25(20)11-16-4-3-7-27-13-16/h5-6,8-9,12,16H,3-4,7,10-11,13,22H2,1-2H3. The Morgan fingerprint density at radius 1 is 1.33 bits per heavy atom. The Hall–Kier alpha value is -2.44. The highest BCUT2D eigenvalue weighted by Crippen LogP contribution is 2.28. The molecule has 1 atom stereocenters. The predicted octanol–water partition coefficient (Wildman–Crippen LogP) is 2.60. The number of fused-ring (bicyclic) bond motifs is 1. The molecule has 6 nitrogen and oxygen atoms in total. The second-order valence-electron chi connectivity index (χ2n) is 7.48. The van der Waals surface area contributed by atoms with E-state index in [9.17, 15) is 4.79 Å². The summed E-state index contributed by atoms with van der Waals surface area (Å²) in [6.07, 6.45) is 4.13. The van der Waals surface area contributed by atoms with Gasteiger partial charge in [0.05, 0.1) is 17.6 Å². The Bertz CT molecular complexity index is 1000. The predicted molar refractivity (Wildman–Crippen MR) is 107 cm³/mol. The maximum atomic E-state index is 12.1. The molecule has 3 aromatic rings. The Morgan fingerprint density at radius 3 is 2.89 bits per heavy atom. The van der Waals surface area contributed by atoms with E-state index in [2.05, 4.69) is 22.8 Å². The molecule has 1 aliphatic heterocycles. The van der Waals surface area contributed by atoms with Crippen LogP contribution in [0.5, 0.6) is 0 Å². The number of rotatable bonds is 4. The molecule has 2 N–H and O–H groups in total. The normalized spacial score (nSPS) is 17.5. The molecule has 6 heteroatoms. The summed E-state index contributed by atoms with van der Waals surface area (Å²) in [5.74, 6) is 1.36. The van der Waals surface area contributed by atoms with E-state index in [0.717, 1.165) is 66.1 Å². The molecule has 142 valence electrons. The van der Waals surface area contributed by atoms with E-state index in [0.29, 0.717) is 12.5 Å². The molecule has 27 heavy (non-hydrogen) atoms. The first-order valence-corrected chi connectivity index (χ1v) is 9.51. The van der Waals surface area contributed by atoms with Gasteiger partial charge in [-0.25, -0.2) is 4.98 Å². The first kappa shape index (κ1) is 17.9. The van der Waals surface area contributed by atoms with Gasteiger partial charge in [0.15, 0.2) is 0 Å². The van der Waals surface area contributed by atoms with Crippen LogP contribution in [-0.4, -0.2) is 27.3 Å². The fourth-order valence-corrected chi connectivity index (χ4v) is 3.92. The molecule has 0 amide bonds. The third kappa shape index (κ3) is 3.42. The molecule has 2 aromatic heterocycles. The summed E-state index contributed by atoms with van der Waals surface area (Å²) in [5.41, 5.74) is 10.6. The van der Waals surface area contributed by atoms with Crippen LogP contribution in [0.15, 0.2) is 35.3 Å². The van der Waals surface area contributed by atoms with Crippen molar-refractivity contribution in [1.29, 1.82) is 0 Å². The lowest BCUT2D eigenvalue weighted by Gasteiger charge is -2.23. The number of pyridine rings is 1. The minimum Gasteiger partial charge on any atom is -0.381 e. The fourth-order valence-electron chi connectivity index (χ4n) is 3.92. The van der Waals surface area contributed by atoms with Gasteiger partial charge in [-0.1, -0.05) is 6.07 Å². The molecule has 1 aliphatic rings. The highest BCUT2D eigenvalue weighted by molar-refractivity contribution is 5.81. The Balaban J connectivity index is 1.87. The lowest BCUT2D eigenvalue weighted by molar-refractivity contribution is 0.0489.